The smallest absolute Gasteiger partial charge is 0.304 e. The Morgan fingerprint density at radius 1 is 1.39 bits per heavy atom. The minimum atomic E-state index is -0.887. The summed E-state index contributed by atoms with van der Waals surface area (Å²) in [4.78, 5) is 9.66. The van der Waals surface area contributed by atoms with Crippen molar-refractivity contribution in [3.63, 3.8) is 0 Å². The summed E-state index contributed by atoms with van der Waals surface area (Å²) in [7, 11) is 0. The average molecular weight is 271 g/mol. The molecule has 0 aliphatic carbocycles. The number of anilines is 1. The predicted molar refractivity (Wildman–Crippen MR) is 64.1 cm³/mol. The Kier molecular flexibility index (Phi) is 3.47. The quantitative estimate of drug-likeness (QED) is 0.681. The van der Waals surface area contributed by atoms with Gasteiger partial charge in [0.15, 0.2) is 5.22 Å². The van der Waals surface area contributed by atoms with E-state index in [1.807, 2.05) is 0 Å². The van der Waals surface area contributed by atoms with Gasteiger partial charge < -0.3 is 9.73 Å². The first-order valence-electron chi connectivity index (χ1n) is 4.98. The molecule has 0 atom stereocenters. The van der Waals surface area contributed by atoms with Crippen molar-refractivity contribution < 1.29 is 13.7 Å². The van der Waals surface area contributed by atoms with Crippen LogP contribution >= 0.6 is 11.6 Å². The second-order valence-corrected chi connectivity index (χ2v) is 3.86. The molecule has 0 aliphatic heterocycles. The maximum Gasteiger partial charge on any atom is 0.304 e. The van der Waals surface area contributed by atoms with Gasteiger partial charge in [-0.3, -0.25) is 10.1 Å². The highest BCUT2D eigenvalue weighted by Crippen LogP contribution is 2.21. The molecule has 0 unspecified atom stereocenters. The SMILES string of the molecule is O=[N+]([O-])c1ccc(NCc2ccc(Cl)o2)cc1F. The highest BCUT2D eigenvalue weighted by Gasteiger charge is 2.13. The largest absolute Gasteiger partial charge is 0.448 e. The number of nitro groups is 1. The molecular formula is C11H8ClFN2O3. The maximum absolute atomic E-state index is 13.3. The molecule has 0 radical (unpaired) electrons. The molecule has 1 heterocycles. The summed E-state index contributed by atoms with van der Waals surface area (Å²) in [5.41, 5.74) is -0.132. The first-order valence-corrected chi connectivity index (χ1v) is 5.36. The van der Waals surface area contributed by atoms with Crippen molar-refractivity contribution in [1.82, 2.24) is 0 Å². The summed E-state index contributed by atoms with van der Waals surface area (Å²) >= 11 is 5.59. The number of nitrogens with zero attached hydrogens (tertiary/aromatic N) is 1. The van der Waals surface area contributed by atoms with Gasteiger partial charge in [-0.25, -0.2) is 0 Å². The third-order valence-electron chi connectivity index (χ3n) is 2.24. The lowest BCUT2D eigenvalue weighted by Gasteiger charge is -2.04. The van der Waals surface area contributed by atoms with E-state index in [1.165, 1.54) is 6.07 Å². The summed E-state index contributed by atoms with van der Waals surface area (Å²) in [6.07, 6.45) is 0. The molecule has 0 aliphatic rings. The lowest BCUT2D eigenvalue weighted by Crippen LogP contribution is -2.00. The number of hydrogen-bond donors (Lipinski definition) is 1. The molecule has 1 N–H and O–H groups in total. The van der Waals surface area contributed by atoms with Crippen LogP contribution in [-0.2, 0) is 6.54 Å². The van der Waals surface area contributed by atoms with Gasteiger partial charge in [-0.2, -0.15) is 4.39 Å². The summed E-state index contributed by atoms with van der Waals surface area (Å²) in [6, 6.07) is 6.85. The molecule has 0 amide bonds. The fourth-order valence-corrected chi connectivity index (χ4v) is 1.56. The highest BCUT2D eigenvalue weighted by atomic mass is 35.5. The van der Waals surface area contributed by atoms with Crippen LogP contribution in [0.25, 0.3) is 0 Å². The summed E-state index contributed by atoms with van der Waals surface area (Å²) in [5, 5.41) is 13.6. The maximum atomic E-state index is 13.3. The predicted octanol–water partition coefficient (Wildman–Crippen LogP) is 3.59. The Morgan fingerprint density at radius 2 is 2.17 bits per heavy atom. The van der Waals surface area contributed by atoms with E-state index in [0.717, 1.165) is 12.1 Å². The zero-order chi connectivity index (χ0) is 13.1. The van der Waals surface area contributed by atoms with E-state index in [4.69, 9.17) is 16.0 Å². The average Bonchev–Trinajstić information content (AvgIpc) is 2.72. The van der Waals surface area contributed by atoms with Crippen LogP contribution in [0.4, 0.5) is 15.8 Å². The van der Waals surface area contributed by atoms with Crippen LogP contribution < -0.4 is 5.32 Å². The van der Waals surface area contributed by atoms with Gasteiger partial charge in [0.2, 0.25) is 5.82 Å². The second-order valence-electron chi connectivity index (χ2n) is 3.48. The molecule has 5 nitrogen and oxygen atoms in total. The molecule has 1 aromatic heterocycles. The Balaban J connectivity index is 2.06. The molecule has 7 heteroatoms. The van der Waals surface area contributed by atoms with Crippen molar-refractivity contribution >= 4 is 23.0 Å². The highest BCUT2D eigenvalue weighted by molar-refractivity contribution is 6.28. The number of furan rings is 1. The normalized spacial score (nSPS) is 10.3. The Hall–Kier alpha value is -2.08. The standard InChI is InChI=1S/C11H8ClFN2O3/c12-11-4-2-8(18-11)6-14-7-1-3-10(15(16)17)9(13)5-7/h1-5,14H,6H2. The zero-order valence-corrected chi connectivity index (χ0v) is 9.78. The van der Waals surface area contributed by atoms with Gasteiger partial charge in [0.1, 0.15) is 5.76 Å². The van der Waals surface area contributed by atoms with Crippen molar-refractivity contribution in [2.45, 2.75) is 6.54 Å². The van der Waals surface area contributed by atoms with Crippen molar-refractivity contribution in [2.75, 3.05) is 5.32 Å². The summed E-state index contributed by atoms with van der Waals surface area (Å²) < 4.78 is 18.4. The molecule has 0 saturated heterocycles. The van der Waals surface area contributed by atoms with Crippen LogP contribution in [-0.4, -0.2) is 4.92 Å². The van der Waals surface area contributed by atoms with Crippen LogP contribution in [0.5, 0.6) is 0 Å². The number of halogens is 2. The molecule has 0 bridgehead atoms. The van der Waals surface area contributed by atoms with Crippen molar-refractivity contribution in [3.8, 4) is 0 Å². The first kappa shape index (κ1) is 12.4. The van der Waals surface area contributed by atoms with Crippen LogP contribution in [0.1, 0.15) is 5.76 Å². The third kappa shape index (κ3) is 2.78. The lowest BCUT2D eigenvalue weighted by molar-refractivity contribution is -0.387. The molecule has 0 fully saturated rings. The second kappa shape index (κ2) is 5.05. The summed E-state index contributed by atoms with van der Waals surface area (Å²) in [6.45, 7) is 0.309. The Morgan fingerprint density at radius 3 is 2.72 bits per heavy atom. The Bertz CT molecular complexity index is 585. The molecular weight excluding hydrogens is 263 g/mol. The minimum Gasteiger partial charge on any atom is -0.448 e. The van der Waals surface area contributed by atoms with Gasteiger partial charge in [-0.1, -0.05) is 0 Å². The van der Waals surface area contributed by atoms with Crippen molar-refractivity contribution in [3.05, 3.63) is 57.2 Å². The van der Waals surface area contributed by atoms with E-state index in [1.54, 1.807) is 12.1 Å². The first-order chi connectivity index (χ1) is 8.56. The molecule has 2 aromatic rings. The summed E-state index contributed by atoms with van der Waals surface area (Å²) in [5.74, 6) is -0.304. The van der Waals surface area contributed by atoms with Gasteiger partial charge in [-0.05, 0) is 29.8 Å². The Labute approximate surface area is 106 Å². The number of benzene rings is 1. The van der Waals surface area contributed by atoms with E-state index >= 15 is 0 Å². The molecule has 0 saturated carbocycles. The lowest BCUT2D eigenvalue weighted by atomic mass is 10.2. The van der Waals surface area contributed by atoms with Gasteiger partial charge in [0, 0.05) is 17.8 Å². The number of nitrogens with one attached hydrogen (secondary N) is 1. The minimum absolute atomic E-state index is 0.265. The van der Waals surface area contributed by atoms with Gasteiger partial charge in [-0.15, -0.1) is 0 Å². The van der Waals surface area contributed by atoms with Crippen molar-refractivity contribution in [1.29, 1.82) is 0 Å². The van der Waals surface area contributed by atoms with Crippen LogP contribution in [0, 0.1) is 15.9 Å². The van der Waals surface area contributed by atoms with Gasteiger partial charge in [0.05, 0.1) is 11.5 Å². The van der Waals surface area contributed by atoms with Crippen LogP contribution in [0.15, 0.2) is 34.7 Å². The van der Waals surface area contributed by atoms with Crippen LogP contribution in [0.2, 0.25) is 5.22 Å². The topological polar surface area (TPSA) is 68.3 Å². The van der Waals surface area contributed by atoms with Crippen molar-refractivity contribution in [2.24, 2.45) is 0 Å². The zero-order valence-electron chi connectivity index (χ0n) is 9.02. The number of nitro benzene ring substituents is 1. The van der Waals surface area contributed by atoms with E-state index < -0.39 is 16.4 Å². The fourth-order valence-electron chi connectivity index (χ4n) is 1.40. The van der Waals surface area contributed by atoms with E-state index in [9.17, 15) is 14.5 Å². The molecule has 2 rings (SSSR count). The van der Waals surface area contributed by atoms with Gasteiger partial charge >= 0.3 is 5.69 Å². The van der Waals surface area contributed by atoms with Gasteiger partial charge in [0.25, 0.3) is 0 Å². The van der Waals surface area contributed by atoms with E-state index in [-0.39, 0.29) is 5.22 Å². The number of rotatable bonds is 4. The molecule has 0 spiro atoms. The monoisotopic (exact) mass is 270 g/mol. The molecule has 18 heavy (non-hydrogen) atoms. The molecule has 94 valence electrons. The van der Waals surface area contributed by atoms with Crippen LogP contribution in [0.3, 0.4) is 0 Å². The van der Waals surface area contributed by atoms with E-state index in [2.05, 4.69) is 5.32 Å². The van der Waals surface area contributed by atoms with E-state index in [0.29, 0.717) is 18.0 Å². The fraction of sp³-hybridized carbons (Fsp3) is 0.0909. The molecule has 1 aromatic carbocycles. The number of hydrogen-bond acceptors (Lipinski definition) is 4. The third-order valence-corrected chi connectivity index (χ3v) is 2.44.